The molecule has 1 aromatic carbocycles. The molecule has 1 aliphatic carbocycles. The van der Waals surface area contributed by atoms with Gasteiger partial charge in [-0.05, 0) is 86.3 Å². The second kappa shape index (κ2) is 12.2. The van der Waals surface area contributed by atoms with Gasteiger partial charge in [-0.25, -0.2) is 4.79 Å². The lowest BCUT2D eigenvalue weighted by molar-refractivity contribution is -0.208. The lowest BCUT2D eigenvalue weighted by atomic mass is 9.96. The molecule has 1 saturated carbocycles. The van der Waals surface area contributed by atoms with Crippen LogP contribution in [0.2, 0.25) is 0 Å². The fourth-order valence-electron chi connectivity index (χ4n) is 5.43. The standard InChI is InChI=1S/C31H43F3N4O6/c1-18(2)38(20-9-8-13-36(17-20)44-28(42)29(3,4)5)26(40)21-15-23-24(16-22(21)31(32,33)34)43-30(6,7)27(41)37(23)14-12-25(39)35-19-10-11-19/h15-16,18-20H,8-14,17H2,1-7H3,(H,35,39)/t20-/m1/s1. The second-order valence-electron chi connectivity index (χ2n) is 13.6. The number of nitrogens with zero attached hydrogens (tertiary/aromatic N) is 3. The van der Waals surface area contributed by atoms with E-state index >= 15 is 0 Å². The molecule has 2 fully saturated rings. The summed E-state index contributed by atoms with van der Waals surface area (Å²) in [6.45, 7) is 11.9. The molecule has 3 amide bonds. The van der Waals surface area contributed by atoms with Gasteiger partial charge in [0.2, 0.25) is 5.91 Å². The topological polar surface area (TPSA) is 108 Å². The van der Waals surface area contributed by atoms with E-state index in [2.05, 4.69) is 5.32 Å². The van der Waals surface area contributed by atoms with Crippen molar-refractivity contribution in [3.05, 3.63) is 23.3 Å². The van der Waals surface area contributed by atoms with Crippen LogP contribution in [0.15, 0.2) is 12.1 Å². The van der Waals surface area contributed by atoms with Crippen LogP contribution in [0.3, 0.4) is 0 Å². The average molecular weight is 625 g/mol. The fraction of sp³-hybridized carbons (Fsp3) is 0.677. The average Bonchev–Trinajstić information content (AvgIpc) is 3.71. The van der Waals surface area contributed by atoms with Crippen LogP contribution in [0.1, 0.15) is 96.5 Å². The summed E-state index contributed by atoms with van der Waals surface area (Å²) in [5.41, 5.74) is -4.07. The van der Waals surface area contributed by atoms with E-state index in [1.807, 2.05) is 0 Å². The second-order valence-corrected chi connectivity index (χ2v) is 13.6. The first-order chi connectivity index (χ1) is 20.3. The molecular weight excluding hydrogens is 581 g/mol. The van der Waals surface area contributed by atoms with Crippen molar-refractivity contribution in [2.75, 3.05) is 24.5 Å². The highest BCUT2D eigenvalue weighted by atomic mass is 19.4. The minimum Gasteiger partial charge on any atom is -0.476 e. The number of nitrogens with one attached hydrogen (secondary N) is 1. The van der Waals surface area contributed by atoms with Crippen LogP contribution in [0.25, 0.3) is 0 Å². The van der Waals surface area contributed by atoms with Crippen molar-refractivity contribution in [3.63, 3.8) is 0 Å². The molecule has 3 aliphatic rings. The largest absolute Gasteiger partial charge is 0.476 e. The third kappa shape index (κ3) is 7.47. The normalized spacial score (nSPS) is 20.6. The molecule has 0 aromatic heterocycles. The Kier molecular flexibility index (Phi) is 9.31. The number of benzene rings is 1. The number of hydrogen-bond donors (Lipinski definition) is 1. The molecule has 0 bridgehead atoms. The summed E-state index contributed by atoms with van der Waals surface area (Å²) in [6.07, 6.45) is -2.15. The molecule has 0 unspecified atom stereocenters. The number of carbonyl (C=O) groups is 4. The Labute approximate surface area is 256 Å². The third-order valence-electron chi connectivity index (χ3n) is 7.92. The molecule has 10 nitrogen and oxygen atoms in total. The van der Waals surface area contributed by atoms with Crippen molar-refractivity contribution in [1.82, 2.24) is 15.3 Å². The summed E-state index contributed by atoms with van der Waals surface area (Å²) in [5.74, 6) is -2.32. The van der Waals surface area contributed by atoms with Crippen molar-refractivity contribution in [1.29, 1.82) is 0 Å². The van der Waals surface area contributed by atoms with Gasteiger partial charge in [-0.1, -0.05) is 0 Å². The predicted octanol–water partition coefficient (Wildman–Crippen LogP) is 4.70. The van der Waals surface area contributed by atoms with E-state index in [0.29, 0.717) is 19.4 Å². The number of hydroxylamine groups is 2. The van der Waals surface area contributed by atoms with E-state index in [-0.39, 0.29) is 42.9 Å². The number of fused-ring (bicyclic) bond motifs is 1. The summed E-state index contributed by atoms with van der Waals surface area (Å²) in [5, 5.41) is 4.31. The maximum Gasteiger partial charge on any atom is 0.417 e. The van der Waals surface area contributed by atoms with E-state index < -0.39 is 58.2 Å². The number of anilines is 1. The summed E-state index contributed by atoms with van der Waals surface area (Å²) >= 11 is 0. The van der Waals surface area contributed by atoms with E-state index in [1.54, 1.807) is 34.6 Å². The summed E-state index contributed by atoms with van der Waals surface area (Å²) in [4.78, 5) is 60.7. The van der Waals surface area contributed by atoms with Crippen LogP contribution >= 0.6 is 0 Å². The zero-order valence-corrected chi connectivity index (χ0v) is 26.5. The van der Waals surface area contributed by atoms with Crippen molar-refractivity contribution in [2.45, 2.75) is 110 Å². The minimum atomic E-state index is -4.91. The molecular formula is C31H43F3N4O6. The molecule has 1 N–H and O–H groups in total. The molecule has 2 aliphatic heterocycles. The molecule has 0 radical (unpaired) electrons. The maximum absolute atomic E-state index is 14.5. The number of hydrogen-bond acceptors (Lipinski definition) is 7. The van der Waals surface area contributed by atoms with Gasteiger partial charge in [-0.3, -0.25) is 14.4 Å². The van der Waals surface area contributed by atoms with Crippen LogP contribution in [-0.2, 0) is 25.4 Å². The van der Waals surface area contributed by atoms with Crippen LogP contribution in [0.5, 0.6) is 5.75 Å². The Balaban J connectivity index is 1.70. The van der Waals surface area contributed by atoms with Gasteiger partial charge in [0, 0.05) is 37.6 Å². The molecule has 1 aromatic rings. The number of ether oxygens (including phenoxy) is 1. The Morgan fingerprint density at radius 1 is 1.14 bits per heavy atom. The summed E-state index contributed by atoms with van der Waals surface area (Å²) < 4.78 is 49.3. The highest BCUT2D eigenvalue weighted by Crippen LogP contribution is 2.44. The lowest BCUT2D eigenvalue weighted by Crippen LogP contribution is -2.54. The van der Waals surface area contributed by atoms with Gasteiger partial charge >= 0.3 is 12.1 Å². The molecule has 1 saturated heterocycles. The van der Waals surface area contributed by atoms with Crippen LogP contribution < -0.4 is 15.0 Å². The van der Waals surface area contributed by atoms with Crippen molar-refractivity contribution in [3.8, 4) is 5.75 Å². The van der Waals surface area contributed by atoms with Gasteiger partial charge in [0.25, 0.3) is 11.8 Å². The quantitative estimate of drug-likeness (QED) is 0.447. The third-order valence-corrected chi connectivity index (χ3v) is 7.92. The molecule has 2 heterocycles. The molecule has 13 heteroatoms. The van der Waals surface area contributed by atoms with Crippen molar-refractivity contribution < 1.29 is 41.9 Å². The minimum absolute atomic E-state index is 0.00187. The first-order valence-corrected chi connectivity index (χ1v) is 15.1. The van der Waals surface area contributed by atoms with Gasteiger partial charge in [0.1, 0.15) is 5.75 Å². The lowest BCUT2D eigenvalue weighted by Gasteiger charge is -2.42. The monoisotopic (exact) mass is 624 g/mol. The van der Waals surface area contributed by atoms with Gasteiger partial charge in [-0.15, -0.1) is 5.06 Å². The van der Waals surface area contributed by atoms with Crippen LogP contribution in [0, 0.1) is 5.41 Å². The Morgan fingerprint density at radius 2 is 1.80 bits per heavy atom. The van der Waals surface area contributed by atoms with Crippen molar-refractivity contribution in [2.24, 2.45) is 5.41 Å². The Morgan fingerprint density at radius 3 is 2.36 bits per heavy atom. The van der Waals surface area contributed by atoms with Gasteiger partial charge in [-0.2, -0.15) is 13.2 Å². The van der Waals surface area contributed by atoms with Gasteiger partial charge < -0.3 is 24.7 Å². The molecule has 0 spiro atoms. The predicted molar refractivity (Wildman–Crippen MR) is 156 cm³/mol. The fourth-order valence-corrected chi connectivity index (χ4v) is 5.43. The zero-order chi connectivity index (χ0) is 32.8. The molecule has 44 heavy (non-hydrogen) atoms. The summed E-state index contributed by atoms with van der Waals surface area (Å²) in [6, 6.07) is 0.898. The van der Waals surface area contributed by atoms with Crippen LogP contribution in [0.4, 0.5) is 18.9 Å². The maximum atomic E-state index is 14.5. The Bertz CT molecular complexity index is 1300. The molecule has 244 valence electrons. The highest BCUT2D eigenvalue weighted by Gasteiger charge is 2.46. The van der Waals surface area contributed by atoms with E-state index in [9.17, 15) is 32.3 Å². The number of piperidine rings is 1. The van der Waals surface area contributed by atoms with E-state index in [4.69, 9.17) is 9.57 Å². The first-order valence-electron chi connectivity index (χ1n) is 15.1. The summed E-state index contributed by atoms with van der Waals surface area (Å²) in [7, 11) is 0. The SMILES string of the molecule is CC(C)N(C(=O)c1cc2c(cc1C(F)(F)F)OC(C)(C)C(=O)N2CCC(=O)NC1CC1)[C@@H]1CCCN(OC(=O)C(C)(C)C)C1. The first kappa shape index (κ1) is 33.5. The molecule has 1 atom stereocenters. The van der Waals surface area contributed by atoms with Gasteiger partial charge in [0.15, 0.2) is 5.60 Å². The van der Waals surface area contributed by atoms with E-state index in [1.165, 1.54) is 28.7 Å². The van der Waals surface area contributed by atoms with Gasteiger partial charge in [0.05, 0.1) is 28.8 Å². The number of amides is 3. The molecule has 4 rings (SSSR count). The smallest absolute Gasteiger partial charge is 0.417 e. The van der Waals surface area contributed by atoms with Crippen LogP contribution in [-0.4, -0.2) is 77.0 Å². The zero-order valence-electron chi connectivity index (χ0n) is 26.5. The number of halogens is 3. The van der Waals surface area contributed by atoms with Crippen molar-refractivity contribution >= 4 is 29.4 Å². The Hall–Kier alpha value is -3.35. The highest BCUT2D eigenvalue weighted by molar-refractivity contribution is 6.05. The number of rotatable bonds is 8. The number of carbonyl (C=O) groups excluding carboxylic acids is 4. The number of alkyl halides is 3. The van der Waals surface area contributed by atoms with E-state index in [0.717, 1.165) is 25.0 Å².